The molecule has 1 atom stereocenters. The maximum Gasteiger partial charge on any atom is 0.225 e. The van der Waals surface area contributed by atoms with Gasteiger partial charge in [-0.05, 0) is 11.4 Å². The maximum absolute atomic E-state index is 11.7. The molecule has 124 valence electrons. The lowest BCUT2D eigenvalue weighted by Gasteiger charge is -2.18. The first-order chi connectivity index (χ1) is 10.3. The lowest BCUT2D eigenvalue weighted by Crippen LogP contribution is -2.44. The molecule has 0 fully saturated rings. The van der Waals surface area contributed by atoms with Gasteiger partial charge in [0.2, 0.25) is 5.91 Å². The van der Waals surface area contributed by atoms with E-state index in [9.17, 15) is 4.79 Å². The second kappa shape index (κ2) is 8.78. The van der Waals surface area contributed by atoms with Gasteiger partial charge in [-0.15, -0.1) is 11.3 Å². The Bertz CT molecular complexity index is 477. The molecule has 22 heavy (non-hydrogen) atoms. The third-order valence-corrected chi connectivity index (χ3v) is 4.32. The van der Waals surface area contributed by atoms with Crippen LogP contribution < -0.4 is 16.0 Å². The maximum atomic E-state index is 11.7. The molecule has 0 radical (unpaired) electrons. The van der Waals surface area contributed by atoms with Crippen molar-refractivity contribution in [2.45, 2.75) is 33.6 Å². The first kappa shape index (κ1) is 18.5. The van der Waals surface area contributed by atoms with Crippen LogP contribution in [0.2, 0.25) is 0 Å². The van der Waals surface area contributed by atoms with Crippen LogP contribution in [0.1, 0.15) is 38.5 Å². The fourth-order valence-corrected chi connectivity index (χ4v) is 2.55. The van der Waals surface area contributed by atoms with E-state index in [1.165, 1.54) is 4.88 Å². The van der Waals surface area contributed by atoms with Gasteiger partial charge in [0.05, 0.1) is 0 Å². The van der Waals surface area contributed by atoms with Gasteiger partial charge in [0.15, 0.2) is 5.96 Å². The summed E-state index contributed by atoms with van der Waals surface area (Å²) >= 11 is 1.77. The molecule has 1 aromatic rings. The Balaban J connectivity index is 2.24. The highest BCUT2D eigenvalue weighted by molar-refractivity contribution is 7.10. The molecule has 1 unspecified atom stereocenters. The highest BCUT2D eigenvalue weighted by Crippen LogP contribution is 2.19. The molecule has 0 saturated carbocycles. The molecule has 6 heteroatoms. The second-order valence-corrected chi connectivity index (χ2v) is 7.28. The van der Waals surface area contributed by atoms with E-state index < -0.39 is 0 Å². The molecule has 0 spiro atoms. The van der Waals surface area contributed by atoms with Crippen molar-refractivity contribution in [2.24, 2.45) is 10.4 Å². The van der Waals surface area contributed by atoms with Crippen molar-refractivity contribution in [1.82, 2.24) is 16.0 Å². The Kier molecular flexibility index (Phi) is 7.38. The molecule has 1 rings (SSSR count). The summed E-state index contributed by atoms with van der Waals surface area (Å²) in [5.74, 6) is 1.26. The Morgan fingerprint density at radius 2 is 1.95 bits per heavy atom. The molecule has 1 amide bonds. The largest absolute Gasteiger partial charge is 0.356 e. The molecule has 5 nitrogen and oxygen atoms in total. The van der Waals surface area contributed by atoms with Crippen molar-refractivity contribution in [3.63, 3.8) is 0 Å². The zero-order valence-electron chi connectivity index (χ0n) is 14.2. The van der Waals surface area contributed by atoms with Crippen molar-refractivity contribution >= 4 is 23.2 Å². The van der Waals surface area contributed by atoms with Gasteiger partial charge in [0.25, 0.3) is 0 Å². The van der Waals surface area contributed by atoms with E-state index in [2.05, 4.69) is 45.4 Å². The molecule has 0 aromatic carbocycles. The molecule has 1 aromatic heterocycles. The molecule has 1 heterocycles. The molecule has 0 saturated heterocycles. The van der Waals surface area contributed by atoms with E-state index in [1.807, 2.05) is 20.8 Å². The number of carbonyl (C=O) groups is 1. The van der Waals surface area contributed by atoms with E-state index in [1.54, 1.807) is 18.4 Å². The van der Waals surface area contributed by atoms with Crippen LogP contribution in [0.4, 0.5) is 0 Å². The number of hydrogen-bond acceptors (Lipinski definition) is 3. The Labute approximate surface area is 137 Å². The normalized spacial score (nSPS) is 13.6. The number of hydrogen-bond donors (Lipinski definition) is 3. The van der Waals surface area contributed by atoms with Crippen LogP contribution in [0, 0.1) is 5.41 Å². The number of guanidine groups is 1. The zero-order chi connectivity index (χ0) is 16.6. The summed E-state index contributed by atoms with van der Waals surface area (Å²) in [6.07, 6.45) is 0. The Morgan fingerprint density at radius 1 is 1.27 bits per heavy atom. The Hall–Kier alpha value is -1.56. The summed E-state index contributed by atoms with van der Waals surface area (Å²) in [5.41, 5.74) is -0.351. The third kappa shape index (κ3) is 6.47. The molecular formula is C16H28N4OS. The second-order valence-electron chi connectivity index (χ2n) is 6.30. The van der Waals surface area contributed by atoms with Gasteiger partial charge in [0.1, 0.15) is 0 Å². The van der Waals surface area contributed by atoms with Crippen molar-refractivity contribution in [2.75, 3.05) is 26.7 Å². The highest BCUT2D eigenvalue weighted by Gasteiger charge is 2.20. The predicted octanol–water partition coefficient (Wildman–Crippen LogP) is 2.18. The van der Waals surface area contributed by atoms with Gasteiger partial charge in [-0.3, -0.25) is 9.79 Å². The number of carbonyl (C=O) groups excluding carboxylic acids is 1. The van der Waals surface area contributed by atoms with Gasteiger partial charge in [-0.25, -0.2) is 0 Å². The highest BCUT2D eigenvalue weighted by atomic mass is 32.1. The summed E-state index contributed by atoms with van der Waals surface area (Å²) in [6, 6.07) is 4.22. The molecular weight excluding hydrogens is 296 g/mol. The molecule has 0 aliphatic rings. The van der Waals surface area contributed by atoms with Crippen molar-refractivity contribution in [1.29, 1.82) is 0 Å². The minimum absolute atomic E-state index is 0.0589. The summed E-state index contributed by atoms with van der Waals surface area (Å²) < 4.78 is 0. The van der Waals surface area contributed by atoms with Crippen molar-refractivity contribution in [3.05, 3.63) is 22.4 Å². The van der Waals surface area contributed by atoms with Gasteiger partial charge >= 0.3 is 0 Å². The number of amides is 1. The van der Waals surface area contributed by atoms with E-state index in [0.29, 0.717) is 19.0 Å². The van der Waals surface area contributed by atoms with Gasteiger partial charge in [0, 0.05) is 42.9 Å². The van der Waals surface area contributed by atoms with Gasteiger partial charge < -0.3 is 16.0 Å². The van der Waals surface area contributed by atoms with E-state index in [-0.39, 0.29) is 11.3 Å². The fraction of sp³-hybridized carbons (Fsp3) is 0.625. The lowest BCUT2D eigenvalue weighted by atomic mass is 9.96. The van der Waals surface area contributed by atoms with E-state index >= 15 is 0 Å². The van der Waals surface area contributed by atoms with Crippen molar-refractivity contribution in [3.8, 4) is 0 Å². The third-order valence-electron chi connectivity index (χ3n) is 3.21. The quantitative estimate of drug-likeness (QED) is 0.427. The van der Waals surface area contributed by atoms with E-state index in [0.717, 1.165) is 12.5 Å². The number of nitrogens with zero attached hydrogens (tertiary/aromatic N) is 1. The van der Waals surface area contributed by atoms with Crippen molar-refractivity contribution < 1.29 is 4.79 Å². The topological polar surface area (TPSA) is 65.5 Å². The first-order valence-corrected chi connectivity index (χ1v) is 8.48. The van der Waals surface area contributed by atoms with Crippen LogP contribution in [0.25, 0.3) is 0 Å². The average Bonchev–Trinajstić information content (AvgIpc) is 2.99. The fourth-order valence-electron chi connectivity index (χ4n) is 1.76. The van der Waals surface area contributed by atoms with Crippen LogP contribution in [-0.4, -0.2) is 38.5 Å². The molecule has 0 aliphatic heterocycles. The van der Waals surface area contributed by atoms with Crippen LogP contribution in [0.3, 0.4) is 0 Å². The van der Waals surface area contributed by atoms with Crippen LogP contribution in [-0.2, 0) is 4.79 Å². The summed E-state index contributed by atoms with van der Waals surface area (Å²) in [6.45, 7) is 9.96. The van der Waals surface area contributed by atoms with Gasteiger partial charge in [-0.1, -0.05) is 33.8 Å². The summed E-state index contributed by atoms with van der Waals surface area (Å²) in [7, 11) is 1.75. The predicted molar refractivity (Wildman–Crippen MR) is 94.6 cm³/mol. The SMILES string of the molecule is CN=C(NCCNC(=O)C(C)(C)C)NCC(C)c1cccs1. The van der Waals surface area contributed by atoms with Crippen LogP contribution in [0.5, 0.6) is 0 Å². The number of rotatable bonds is 6. The summed E-state index contributed by atoms with van der Waals surface area (Å²) in [4.78, 5) is 17.3. The first-order valence-electron chi connectivity index (χ1n) is 7.61. The lowest BCUT2D eigenvalue weighted by molar-refractivity contribution is -0.128. The van der Waals surface area contributed by atoms with Gasteiger partial charge in [-0.2, -0.15) is 0 Å². The molecule has 0 bridgehead atoms. The minimum Gasteiger partial charge on any atom is -0.356 e. The van der Waals surface area contributed by atoms with E-state index in [4.69, 9.17) is 0 Å². The summed E-state index contributed by atoms with van der Waals surface area (Å²) in [5, 5.41) is 11.5. The Morgan fingerprint density at radius 3 is 2.50 bits per heavy atom. The molecule has 3 N–H and O–H groups in total. The molecule has 0 aliphatic carbocycles. The minimum atomic E-state index is -0.351. The van der Waals surface area contributed by atoms with Crippen LogP contribution >= 0.6 is 11.3 Å². The zero-order valence-corrected chi connectivity index (χ0v) is 15.0. The number of nitrogens with one attached hydrogen (secondary N) is 3. The standard InChI is InChI=1S/C16H28N4OS/c1-12(13-7-6-10-22-13)11-20-15(17-5)19-9-8-18-14(21)16(2,3)4/h6-7,10,12H,8-9,11H2,1-5H3,(H,18,21)(H2,17,19,20). The monoisotopic (exact) mass is 324 g/mol. The average molecular weight is 324 g/mol. The number of aliphatic imine (C=N–C) groups is 1. The number of thiophene rings is 1. The van der Waals surface area contributed by atoms with Crippen LogP contribution in [0.15, 0.2) is 22.5 Å². The smallest absolute Gasteiger partial charge is 0.225 e.